The minimum atomic E-state index is 0.144. The van der Waals surface area contributed by atoms with Crippen LogP contribution in [-0.4, -0.2) is 6.61 Å². The van der Waals surface area contributed by atoms with E-state index in [1.807, 2.05) is 33.8 Å². The van der Waals surface area contributed by atoms with Gasteiger partial charge in [0.25, 0.3) is 0 Å². The van der Waals surface area contributed by atoms with Crippen LogP contribution in [0.25, 0.3) is 0 Å². The van der Waals surface area contributed by atoms with Gasteiger partial charge in [-0.05, 0) is 19.4 Å². The number of hydrogen-bond donors (Lipinski definition) is 0. The summed E-state index contributed by atoms with van der Waals surface area (Å²) in [7, 11) is 0. The zero-order valence-electron chi connectivity index (χ0n) is 7.14. The lowest BCUT2D eigenvalue weighted by Crippen LogP contribution is -1.80. The Labute approximate surface area is 63.1 Å². The smallest absolute Gasteiger partial charge is 0.173 e. The van der Waals surface area contributed by atoms with Crippen LogP contribution in [0.2, 0.25) is 0 Å². The van der Waals surface area contributed by atoms with Crippen LogP contribution in [-0.2, 0) is 4.74 Å². The first kappa shape index (κ1) is 11.8. The Morgan fingerprint density at radius 1 is 1.50 bits per heavy atom. The molecular weight excluding hydrogens is 126 g/mol. The fourth-order valence-electron chi connectivity index (χ4n) is 0.246. The summed E-state index contributed by atoms with van der Waals surface area (Å²) in [6.45, 7) is 7.97. The molecule has 0 amide bonds. The molecule has 0 aromatic heterocycles. The largest absolute Gasteiger partial charge is 0.486 e. The van der Waals surface area contributed by atoms with Gasteiger partial charge >= 0.3 is 0 Å². The van der Waals surface area contributed by atoms with Crippen molar-refractivity contribution in [2.45, 2.75) is 27.7 Å². The molecule has 2 nitrogen and oxygen atoms in total. The van der Waals surface area contributed by atoms with Gasteiger partial charge in [-0.1, -0.05) is 13.8 Å². The molecule has 2 heteroatoms. The summed E-state index contributed by atoms with van der Waals surface area (Å²) >= 11 is 0. The highest BCUT2D eigenvalue weighted by molar-refractivity contribution is 4.87. The van der Waals surface area contributed by atoms with Gasteiger partial charge in [0.15, 0.2) is 6.61 Å². The molecule has 0 aliphatic heterocycles. The molecule has 0 rings (SSSR count). The Morgan fingerprint density at radius 3 is 2.30 bits per heavy atom. The monoisotopic (exact) mass is 141 g/mol. The number of rotatable bonds is 2. The first-order valence-electron chi connectivity index (χ1n) is 3.39. The van der Waals surface area contributed by atoms with Crippen LogP contribution in [0.15, 0.2) is 11.8 Å². The molecule has 0 aromatic carbocycles. The molecular formula is C8H15NO. The summed E-state index contributed by atoms with van der Waals surface area (Å²) in [6.07, 6.45) is 1.57. The second-order valence-electron chi connectivity index (χ2n) is 1.66. The van der Waals surface area contributed by atoms with Crippen molar-refractivity contribution in [3.8, 4) is 6.07 Å². The third-order valence-corrected chi connectivity index (χ3v) is 0.467. The summed E-state index contributed by atoms with van der Waals surface area (Å²) in [6, 6.07) is 1.86. The summed E-state index contributed by atoms with van der Waals surface area (Å²) in [5, 5.41) is 7.97. The SMILES string of the molecule is CC.CC(C)=COCC#N. The molecule has 0 fully saturated rings. The number of hydrogen-bond acceptors (Lipinski definition) is 2. The zero-order valence-corrected chi connectivity index (χ0v) is 7.14. The van der Waals surface area contributed by atoms with Gasteiger partial charge in [-0.15, -0.1) is 0 Å². The van der Waals surface area contributed by atoms with Crippen LogP contribution in [0.4, 0.5) is 0 Å². The van der Waals surface area contributed by atoms with Crippen molar-refractivity contribution >= 4 is 0 Å². The molecule has 0 atom stereocenters. The van der Waals surface area contributed by atoms with Crippen LogP contribution in [0.1, 0.15) is 27.7 Å². The predicted molar refractivity (Wildman–Crippen MR) is 42.3 cm³/mol. The fourth-order valence-corrected chi connectivity index (χ4v) is 0.246. The van der Waals surface area contributed by atoms with Crippen LogP contribution < -0.4 is 0 Å². The van der Waals surface area contributed by atoms with Crippen molar-refractivity contribution in [3.05, 3.63) is 11.8 Å². The highest BCUT2D eigenvalue weighted by atomic mass is 16.5. The average Bonchev–Trinajstić information content (AvgIpc) is 1.92. The van der Waals surface area contributed by atoms with Crippen molar-refractivity contribution in [3.63, 3.8) is 0 Å². The van der Waals surface area contributed by atoms with E-state index < -0.39 is 0 Å². The Kier molecular flexibility index (Phi) is 12.9. The maximum absolute atomic E-state index is 7.97. The summed E-state index contributed by atoms with van der Waals surface area (Å²) in [4.78, 5) is 0. The fraction of sp³-hybridized carbons (Fsp3) is 0.625. The van der Waals surface area contributed by atoms with Gasteiger partial charge in [0.05, 0.1) is 6.26 Å². The lowest BCUT2D eigenvalue weighted by Gasteiger charge is -1.90. The topological polar surface area (TPSA) is 33.0 Å². The predicted octanol–water partition coefficient (Wildman–Crippen LogP) is 2.48. The van der Waals surface area contributed by atoms with Crippen molar-refractivity contribution in [2.75, 3.05) is 6.61 Å². The van der Waals surface area contributed by atoms with E-state index in [4.69, 9.17) is 10.00 Å². The standard InChI is InChI=1S/C6H9NO.C2H6/c1-6(2)5-8-4-3-7;1-2/h5H,4H2,1-2H3;1-2H3. The van der Waals surface area contributed by atoms with Gasteiger partial charge in [0.1, 0.15) is 6.07 Å². The average molecular weight is 141 g/mol. The maximum atomic E-state index is 7.97. The first-order valence-corrected chi connectivity index (χ1v) is 3.39. The third kappa shape index (κ3) is 15.7. The molecule has 0 aliphatic carbocycles. The molecule has 10 heavy (non-hydrogen) atoms. The molecule has 0 aromatic rings. The van der Waals surface area contributed by atoms with Crippen LogP contribution >= 0.6 is 0 Å². The van der Waals surface area contributed by atoms with Crippen LogP contribution in [0.3, 0.4) is 0 Å². The van der Waals surface area contributed by atoms with Crippen molar-refractivity contribution in [2.24, 2.45) is 0 Å². The maximum Gasteiger partial charge on any atom is 0.173 e. The van der Waals surface area contributed by atoms with Gasteiger partial charge in [-0.3, -0.25) is 0 Å². The van der Waals surface area contributed by atoms with Gasteiger partial charge in [0, 0.05) is 0 Å². The molecule has 0 unspecified atom stereocenters. The molecule has 0 saturated carbocycles. The van der Waals surface area contributed by atoms with Gasteiger partial charge < -0.3 is 4.74 Å². The Bertz CT molecular complexity index is 118. The summed E-state index contributed by atoms with van der Waals surface area (Å²) < 4.78 is 4.72. The lowest BCUT2D eigenvalue weighted by molar-refractivity contribution is 0.291. The molecule has 0 spiro atoms. The molecule has 0 radical (unpaired) electrons. The van der Waals surface area contributed by atoms with E-state index in [0.717, 1.165) is 5.57 Å². The second-order valence-corrected chi connectivity index (χ2v) is 1.66. The van der Waals surface area contributed by atoms with E-state index in [2.05, 4.69) is 0 Å². The summed E-state index contributed by atoms with van der Waals surface area (Å²) in [5.74, 6) is 0. The van der Waals surface area contributed by atoms with Crippen molar-refractivity contribution in [1.82, 2.24) is 0 Å². The number of nitriles is 1. The van der Waals surface area contributed by atoms with E-state index in [1.54, 1.807) is 6.26 Å². The van der Waals surface area contributed by atoms with Gasteiger partial charge in [0.2, 0.25) is 0 Å². The van der Waals surface area contributed by atoms with Gasteiger partial charge in [-0.2, -0.15) is 5.26 Å². The molecule has 0 aliphatic rings. The Morgan fingerprint density at radius 2 is 2.00 bits per heavy atom. The summed E-state index contributed by atoms with van der Waals surface area (Å²) in [5.41, 5.74) is 1.07. The zero-order chi connectivity index (χ0) is 8.41. The Hall–Kier alpha value is -0.970. The van der Waals surface area contributed by atoms with E-state index in [0.29, 0.717) is 0 Å². The van der Waals surface area contributed by atoms with Crippen molar-refractivity contribution in [1.29, 1.82) is 5.26 Å². The van der Waals surface area contributed by atoms with E-state index in [1.165, 1.54) is 0 Å². The Balaban J connectivity index is 0. The number of ether oxygens (including phenoxy) is 1. The highest BCUT2D eigenvalue weighted by Crippen LogP contribution is 1.87. The molecule has 0 saturated heterocycles. The van der Waals surface area contributed by atoms with Crippen molar-refractivity contribution < 1.29 is 4.74 Å². The normalized spacial score (nSPS) is 6.30. The molecule has 0 N–H and O–H groups in total. The number of allylic oxidation sites excluding steroid dienone is 1. The van der Waals surface area contributed by atoms with E-state index in [9.17, 15) is 0 Å². The molecule has 0 bridgehead atoms. The van der Waals surface area contributed by atoms with Crippen LogP contribution in [0.5, 0.6) is 0 Å². The molecule has 58 valence electrons. The van der Waals surface area contributed by atoms with E-state index in [-0.39, 0.29) is 6.61 Å². The lowest BCUT2D eigenvalue weighted by atomic mass is 10.4. The minimum Gasteiger partial charge on any atom is -0.486 e. The first-order chi connectivity index (χ1) is 4.77. The highest BCUT2D eigenvalue weighted by Gasteiger charge is 1.75. The second kappa shape index (κ2) is 10.9. The van der Waals surface area contributed by atoms with Crippen LogP contribution in [0, 0.1) is 11.3 Å². The molecule has 0 heterocycles. The third-order valence-electron chi connectivity index (χ3n) is 0.467. The quantitative estimate of drug-likeness (QED) is 0.437. The van der Waals surface area contributed by atoms with Gasteiger partial charge in [-0.25, -0.2) is 0 Å². The minimum absolute atomic E-state index is 0.144. The number of nitrogens with zero attached hydrogens (tertiary/aromatic N) is 1. The van der Waals surface area contributed by atoms with E-state index >= 15 is 0 Å².